The summed E-state index contributed by atoms with van der Waals surface area (Å²) in [6.45, 7) is 0.200. The van der Waals surface area contributed by atoms with Gasteiger partial charge in [-0.1, -0.05) is 6.07 Å². The lowest BCUT2D eigenvalue weighted by Crippen LogP contribution is -1.97. The zero-order valence-electron chi connectivity index (χ0n) is 7.08. The molecule has 0 bridgehead atoms. The van der Waals surface area contributed by atoms with Crippen LogP contribution in [0.25, 0.3) is 0 Å². The van der Waals surface area contributed by atoms with Gasteiger partial charge in [-0.3, -0.25) is 4.98 Å². The summed E-state index contributed by atoms with van der Waals surface area (Å²) in [4.78, 5) is 4.48. The van der Waals surface area contributed by atoms with Crippen molar-refractivity contribution in [2.24, 2.45) is 0 Å². The van der Waals surface area contributed by atoms with E-state index in [1.807, 2.05) is 6.07 Å². The van der Waals surface area contributed by atoms with Crippen LogP contribution in [0.15, 0.2) is 12.1 Å². The minimum atomic E-state index is 0.200. The molecule has 0 saturated heterocycles. The van der Waals surface area contributed by atoms with Crippen LogP contribution >= 0.6 is 0 Å². The Bertz CT molecular complexity index is 283. The normalized spacial score (nSPS) is 14.8. The average Bonchev–Trinajstić information content (AvgIpc) is 2.51. The van der Waals surface area contributed by atoms with Crippen molar-refractivity contribution in [2.75, 3.05) is 6.61 Å². The molecule has 12 heavy (non-hydrogen) atoms. The minimum absolute atomic E-state index is 0.200. The van der Waals surface area contributed by atoms with Gasteiger partial charge in [0.1, 0.15) is 0 Å². The van der Waals surface area contributed by atoms with Crippen LogP contribution in [0, 0.1) is 0 Å². The second-order valence-electron chi connectivity index (χ2n) is 3.24. The van der Waals surface area contributed by atoms with Gasteiger partial charge in [0.05, 0.1) is 0 Å². The zero-order chi connectivity index (χ0) is 8.39. The van der Waals surface area contributed by atoms with E-state index in [1.54, 1.807) is 0 Å². The summed E-state index contributed by atoms with van der Waals surface area (Å²) in [5, 5.41) is 8.73. The maximum Gasteiger partial charge on any atom is 0.0486 e. The van der Waals surface area contributed by atoms with Crippen LogP contribution in [0.3, 0.4) is 0 Å². The van der Waals surface area contributed by atoms with E-state index < -0.39 is 0 Å². The van der Waals surface area contributed by atoms with E-state index in [1.165, 1.54) is 24.1 Å². The number of aliphatic hydroxyl groups is 1. The van der Waals surface area contributed by atoms with E-state index in [-0.39, 0.29) is 6.61 Å². The van der Waals surface area contributed by atoms with Crippen LogP contribution in [-0.2, 0) is 19.3 Å². The van der Waals surface area contributed by atoms with Crippen LogP contribution in [0.5, 0.6) is 0 Å². The van der Waals surface area contributed by atoms with Gasteiger partial charge in [0.2, 0.25) is 0 Å². The van der Waals surface area contributed by atoms with Crippen LogP contribution in [0.1, 0.15) is 23.4 Å². The molecule has 2 heteroatoms. The number of aliphatic hydroxyl groups excluding tert-OH is 1. The van der Waals surface area contributed by atoms with Crippen LogP contribution < -0.4 is 0 Å². The van der Waals surface area contributed by atoms with Crippen LogP contribution in [0.2, 0.25) is 0 Å². The maximum atomic E-state index is 8.73. The SMILES string of the molecule is OCCc1ccc2c(n1)CCC2. The van der Waals surface area contributed by atoms with Gasteiger partial charge >= 0.3 is 0 Å². The highest BCUT2D eigenvalue weighted by atomic mass is 16.3. The number of rotatable bonds is 2. The van der Waals surface area contributed by atoms with E-state index >= 15 is 0 Å². The predicted molar refractivity (Wildman–Crippen MR) is 47.1 cm³/mol. The van der Waals surface area contributed by atoms with Crippen molar-refractivity contribution in [1.29, 1.82) is 0 Å². The van der Waals surface area contributed by atoms with Crippen molar-refractivity contribution >= 4 is 0 Å². The maximum absolute atomic E-state index is 8.73. The molecule has 0 saturated carbocycles. The molecule has 0 atom stereocenters. The molecule has 1 aromatic rings. The molecule has 0 fully saturated rings. The molecular formula is C10H13NO. The number of aromatic nitrogens is 1. The topological polar surface area (TPSA) is 33.1 Å². The van der Waals surface area contributed by atoms with E-state index in [0.717, 1.165) is 12.1 Å². The first kappa shape index (κ1) is 7.74. The number of aryl methyl sites for hydroxylation is 2. The minimum Gasteiger partial charge on any atom is -0.396 e. The van der Waals surface area contributed by atoms with E-state index in [4.69, 9.17) is 5.11 Å². The quantitative estimate of drug-likeness (QED) is 0.708. The highest BCUT2D eigenvalue weighted by molar-refractivity contribution is 5.27. The Morgan fingerprint density at radius 3 is 3.08 bits per heavy atom. The van der Waals surface area contributed by atoms with Gasteiger partial charge in [0, 0.05) is 24.4 Å². The first-order valence-corrected chi connectivity index (χ1v) is 4.48. The first-order chi connectivity index (χ1) is 5.90. The molecule has 0 amide bonds. The zero-order valence-corrected chi connectivity index (χ0v) is 7.08. The predicted octanol–water partition coefficient (Wildman–Crippen LogP) is 1.11. The summed E-state index contributed by atoms with van der Waals surface area (Å²) in [6.07, 6.45) is 4.23. The Morgan fingerprint density at radius 1 is 1.33 bits per heavy atom. The molecule has 2 rings (SSSR count). The lowest BCUT2D eigenvalue weighted by molar-refractivity contribution is 0.298. The summed E-state index contributed by atoms with van der Waals surface area (Å²) in [5.74, 6) is 0. The summed E-state index contributed by atoms with van der Waals surface area (Å²) < 4.78 is 0. The molecule has 1 aromatic heterocycles. The molecule has 1 heterocycles. The number of nitrogens with zero attached hydrogens (tertiary/aromatic N) is 1. The number of pyridine rings is 1. The Kier molecular flexibility index (Phi) is 2.09. The van der Waals surface area contributed by atoms with Crippen molar-refractivity contribution in [3.63, 3.8) is 0 Å². The van der Waals surface area contributed by atoms with Gasteiger partial charge in [-0.05, 0) is 30.9 Å². The highest BCUT2D eigenvalue weighted by Gasteiger charge is 2.11. The van der Waals surface area contributed by atoms with Gasteiger partial charge in [0.25, 0.3) is 0 Å². The molecule has 0 radical (unpaired) electrons. The summed E-state index contributed by atoms with van der Waals surface area (Å²) >= 11 is 0. The molecule has 64 valence electrons. The fourth-order valence-corrected chi connectivity index (χ4v) is 1.72. The molecule has 0 aromatic carbocycles. The lowest BCUT2D eigenvalue weighted by atomic mass is 10.2. The van der Waals surface area contributed by atoms with Gasteiger partial charge < -0.3 is 5.11 Å². The van der Waals surface area contributed by atoms with Crippen molar-refractivity contribution in [3.8, 4) is 0 Å². The van der Waals surface area contributed by atoms with Gasteiger partial charge in [-0.25, -0.2) is 0 Å². The summed E-state index contributed by atoms with van der Waals surface area (Å²) in [7, 11) is 0. The Hall–Kier alpha value is -0.890. The molecule has 1 aliphatic rings. The molecule has 0 unspecified atom stereocenters. The second-order valence-corrected chi connectivity index (χ2v) is 3.24. The molecule has 1 N–H and O–H groups in total. The monoisotopic (exact) mass is 163 g/mol. The third kappa shape index (κ3) is 1.34. The van der Waals surface area contributed by atoms with Gasteiger partial charge in [-0.2, -0.15) is 0 Å². The van der Waals surface area contributed by atoms with Crippen molar-refractivity contribution in [3.05, 3.63) is 29.1 Å². The van der Waals surface area contributed by atoms with E-state index in [9.17, 15) is 0 Å². The Morgan fingerprint density at radius 2 is 2.25 bits per heavy atom. The fraction of sp³-hybridized carbons (Fsp3) is 0.500. The Balaban J connectivity index is 2.26. The van der Waals surface area contributed by atoms with Crippen LogP contribution in [-0.4, -0.2) is 16.7 Å². The number of fused-ring (bicyclic) bond motifs is 1. The van der Waals surface area contributed by atoms with Gasteiger partial charge in [0.15, 0.2) is 0 Å². The van der Waals surface area contributed by atoms with E-state index in [2.05, 4.69) is 11.1 Å². The number of hydrogen-bond acceptors (Lipinski definition) is 2. The van der Waals surface area contributed by atoms with Crippen molar-refractivity contribution < 1.29 is 5.11 Å². The van der Waals surface area contributed by atoms with Crippen molar-refractivity contribution in [2.45, 2.75) is 25.7 Å². The lowest BCUT2D eigenvalue weighted by Gasteiger charge is -2.01. The third-order valence-electron chi connectivity index (χ3n) is 2.35. The van der Waals surface area contributed by atoms with E-state index in [0.29, 0.717) is 6.42 Å². The highest BCUT2D eigenvalue weighted by Crippen LogP contribution is 2.19. The summed E-state index contributed by atoms with van der Waals surface area (Å²) in [6, 6.07) is 4.18. The van der Waals surface area contributed by atoms with Crippen LogP contribution in [0.4, 0.5) is 0 Å². The molecule has 1 aliphatic carbocycles. The largest absolute Gasteiger partial charge is 0.396 e. The summed E-state index contributed by atoms with van der Waals surface area (Å²) in [5.41, 5.74) is 3.68. The molecule has 0 spiro atoms. The molecule has 2 nitrogen and oxygen atoms in total. The molecular weight excluding hydrogens is 150 g/mol. The van der Waals surface area contributed by atoms with Crippen molar-refractivity contribution in [1.82, 2.24) is 4.98 Å². The fourth-order valence-electron chi connectivity index (χ4n) is 1.72. The smallest absolute Gasteiger partial charge is 0.0486 e. The third-order valence-corrected chi connectivity index (χ3v) is 2.35. The van der Waals surface area contributed by atoms with Gasteiger partial charge in [-0.15, -0.1) is 0 Å². The first-order valence-electron chi connectivity index (χ1n) is 4.48. The number of hydrogen-bond donors (Lipinski definition) is 1. The second kappa shape index (κ2) is 3.23. The standard InChI is InChI=1S/C10H13NO/c12-7-6-9-5-4-8-2-1-3-10(8)11-9/h4-5,12H,1-3,6-7H2. The Labute approximate surface area is 72.3 Å². The average molecular weight is 163 g/mol. The molecule has 0 aliphatic heterocycles.